The molecule has 1 unspecified atom stereocenters. The van der Waals surface area contributed by atoms with Gasteiger partial charge in [-0.25, -0.2) is 0 Å². The number of rotatable bonds is 6. The summed E-state index contributed by atoms with van der Waals surface area (Å²) in [5, 5.41) is 12.5. The second-order valence-electron chi connectivity index (χ2n) is 5.13. The second kappa shape index (κ2) is 6.55. The van der Waals surface area contributed by atoms with E-state index in [-0.39, 0.29) is 24.4 Å². The van der Waals surface area contributed by atoms with Crippen LogP contribution in [0.2, 0.25) is 0 Å². The molecule has 4 nitrogen and oxygen atoms in total. The standard InChI is InChI=1S/C12H25NO3/c1-12(2,9-14)10(8-13-3)16-11-6-4-5-7-15-11/h10-11,13-14H,4-9H2,1-3H3/t10-,11?/m0/s1. The van der Waals surface area contributed by atoms with E-state index < -0.39 is 0 Å². The smallest absolute Gasteiger partial charge is 0.158 e. The lowest BCUT2D eigenvalue weighted by Crippen LogP contribution is -2.44. The van der Waals surface area contributed by atoms with Gasteiger partial charge in [0.2, 0.25) is 0 Å². The number of hydrogen-bond acceptors (Lipinski definition) is 4. The zero-order valence-electron chi connectivity index (χ0n) is 10.7. The van der Waals surface area contributed by atoms with Gasteiger partial charge in [-0.05, 0) is 26.3 Å². The minimum absolute atomic E-state index is 0.0226. The molecule has 1 saturated heterocycles. The minimum Gasteiger partial charge on any atom is -0.396 e. The van der Waals surface area contributed by atoms with Crippen molar-refractivity contribution in [1.29, 1.82) is 0 Å². The zero-order valence-corrected chi connectivity index (χ0v) is 10.7. The van der Waals surface area contributed by atoms with Gasteiger partial charge in [0, 0.05) is 18.6 Å². The molecule has 0 spiro atoms. The summed E-state index contributed by atoms with van der Waals surface area (Å²) in [6.45, 7) is 5.66. The van der Waals surface area contributed by atoms with Gasteiger partial charge >= 0.3 is 0 Å². The fourth-order valence-electron chi connectivity index (χ4n) is 1.80. The molecule has 2 atom stereocenters. The first-order chi connectivity index (χ1) is 7.60. The average molecular weight is 231 g/mol. The lowest BCUT2D eigenvalue weighted by molar-refractivity contribution is -0.211. The van der Waals surface area contributed by atoms with Crippen molar-refractivity contribution in [3.05, 3.63) is 0 Å². The van der Waals surface area contributed by atoms with Crippen LogP contribution in [0.4, 0.5) is 0 Å². The molecule has 96 valence electrons. The van der Waals surface area contributed by atoms with Crippen molar-refractivity contribution in [2.45, 2.75) is 45.5 Å². The fourth-order valence-corrected chi connectivity index (χ4v) is 1.80. The van der Waals surface area contributed by atoms with Gasteiger partial charge in [0.1, 0.15) is 0 Å². The fraction of sp³-hybridized carbons (Fsp3) is 1.00. The Morgan fingerprint density at radius 1 is 1.50 bits per heavy atom. The summed E-state index contributed by atoms with van der Waals surface area (Å²) in [6, 6.07) is 0. The number of aliphatic hydroxyl groups is 1. The SMILES string of the molecule is CNC[C@H](OC1CCCCO1)C(C)(C)CO. The van der Waals surface area contributed by atoms with E-state index in [0.29, 0.717) is 0 Å². The van der Waals surface area contributed by atoms with Gasteiger partial charge in [0.25, 0.3) is 0 Å². The van der Waals surface area contributed by atoms with Crippen LogP contribution in [0, 0.1) is 5.41 Å². The molecule has 1 aliphatic heterocycles. The zero-order chi connectivity index (χ0) is 12.0. The molecule has 2 N–H and O–H groups in total. The summed E-state index contributed by atoms with van der Waals surface area (Å²) in [4.78, 5) is 0. The predicted molar refractivity (Wildman–Crippen MR) is 63.3 cm³/mol. The van der Waals surface area contributed by atoms with Crippen LogP contribution in [0.25, 0.3) is 0 Å². The van der Waals surface area contributed by atoms with Gasteiger partial charge < -0.3 is 19.9 Å². The van der Waals surface area contributed by atoms with Gasteiger partial charge in [0.05, 0.1) is 12.7 Å². The third kappa shape index (κ3) is 4.01. The summed E-state index contributed by atoms with van der Waals surface area (Å²) in [6.07, 6.45) is 3.13. The molecule has 4 heteroatoms. The van der Waals surface area contributed by atoms with Crippen LogP contribution < -0.4 is 5.32 Å². The van der Waals surface area contributed by atoms with E-state index in [1.165, 1.54) is 0 Å². The molecule has 0 aromatic rings. The third-order valence-corrected chi connectivity index (χ3v) is 3.12. The van der Waals surface area contributed by atoms with Gasteiger partial charge in [-0.1, -0.05) is 13.8 Å². The van der Waals surface area contributed by atoms with Crippen molar-refractivity contribution in [2.24, 2.45) is 5.41 Å². The van der Waals surface area contributed by atoms with Crippen LogP contribution >= 0.6 is 0 Å². The van der Waals surface area contributed by atoms with Crippen LogP contribution in [-0.2, 0) is 9.47 Å². The van der Waals surface area contributed by atoms with Crippen molar-refractivity contribution in [3.63, 3.8) is 0 Å². The number of ether oxygens (including phenoxy) is 2. The minimum atomic E-state index is -0.246. The number of aliphatic hydroxyl groups excluding tert-OH is 1. The number of nitrogens with one attached hydrogen (secondary N) is 1. The van der Waals surface area contributed by atoms with Crippen molar-refractivity contribution in [3.8, 4) is 0 Å². The summed E-state index contributed by atoms with van der Waals surface area (Å²) < 4.78 is 11.5. The average Bonchev–Trinajstić information content (AvgIpc) is 2.30. The van der Waals surface area contributed by atoms with Crippen molar-refractivity contribution in [2.75, 3.05) is 26.8 Å². The topological polar surface area (TPSA) is 50.7 Å². The van der Waals surface area contributed by atoms with Gasteiger partial charge in [0.15, 0.2) is 6.29 Å². The molecular weight excluding hydrogens is 206 g/mol. The van der Waals surface area contributed by atoms with Crippen LogP contribution in [0.5, 0.6) is 0 Å². The third-order valence-electron chi connectivity index (χ3n) is 3.12. The lowest BCUT2D eigenvalue weighted by atomic mass is 9.87. The Morgan fingerprint density at radius 3 is 2.75 bits per heavy atom. The molecule has 16 heavy (non-hydrogen) atoms. The molecule has 1 aliphatic rings. The molecule has 0 bridgehead atoms. The molecule has 0 aliphatic carbocycles. The van der Waals surface area contributed by atoms with Crippen molar-refractivity contribution < 1.29 is 14.6 Å². The number of hydrogen-bond donors (Lipinski definition) is 2. The Labute approximate surface area is 98.3 Å². The quantitative estimate of drug-likeness (QED) is 0.719. The summed E-state index contributed by atoms with van der Waals surface area (Å²) >= 11 is 0. The maximum Gasteiger partial charge on any atom is 0.158 e. The number of likely N-dealkylation sites (N-methyl/N-ethyl adjacent to an activating group) is 1. The predicted octanol–water partition coefficient (Wildman–Crippen LogP) is 1.14. The maximum atomic E-state index is 9.37. The van der Waals surface area contributed by atoms with E-state index in [4.69, 9.17) is 9.47 Å². The molecule has 1 rings (SSSR count). The van der Waals surface area contributed by atoms with Crippen LogP contribution in [0.3, 0.4) is 0 Å². The molecule has 1 fully saturated rings. The van der Waals surface area contributed by atoms with Crippen LogP contribution in [0.1, 0.15) is 33.1 Å². The Hall–Kier alpha value is -0.160. The summed E-state index contributed by atoms with van der Waals surface area (Å²) in [7, 11) is 1.89. The Balaban J connectivity index is 2.49. The first kappa shape index (κ1) is 13.9. The molecule has 0 radical (unpaired) electrons. The highest BCUT2D eigenvalue weighted by molar-refractivity contribution is 4.80. The van der Waals surface area contributed by atoms with Crippen molar-refractivity contribution >= 4 is 0 Å². The molecule has 0 aromatic carbocycles. The summed E-state index contributed by atoms with van der Waals surface area (Å²) in [5.41, 5.74) is -0.246. The van der Waals surface area contributed by atoms with E-state index in [2.05, 4.69) is 5.32 Å². The van der Waals surface area contributed by atoms with Crippen LogP contribution in [0.15, 0.2) is 0 Å². The Morgan fingerprint density at radius 2 is 2.25 bits per heavy atom. The highest BCUT2D eigenvalue weighted by Crippen LogP contribution is 2.26. The highest BCUT2D eigenvalue weighted by atomic mass is 16.7. The maximum absolute atomic E-state index is 9.37. The molecular formula is C12H25NO3. The van der Waals surface area contributed by atoms with Gasteiger partial charge in [-0.15, -0.1) is 0 Å². The second-order valence-corrected chi connectivity index (χ2v) is 5.13. The van der Waals surface area contributed by atoms with E-state index in [1.54, 1.807) is 0 Å². The van der Waals surface area contributed by atoms with Crippen LogP contribution in [-0.4, -0.2) is 44.3 Å². The highest BCUT2D eigenvalue weighted by Gasteiger charge is 2.32. The summed E-state index contributed by atoms with van der Waals surface area (Å²) in [5.74, 6) is 0. The monoisotopic (exact) mass is 231 g/mol. The lowest BCUT2D eigenvalue weighted by Gasteiger charge is -2.36. The molecule has 1 heterocycles. The largest absolute Gasteiger partial charge is 0.396 e. The van der Waals surface area contributed by atoms with E-state index in [9.17, 15) is 5.11 Å². The van der Waals surface area contributed by atoms with E-state index in [1.807, 2.05) is 20.9 Å². The molecule has 0 amide bonds. The first-order valence-corrected chi connectivity index (χ1v) is 6.12. The molecule has 0 saturated carbocycles. The van der Waals surface area contributed by atoms with E-state index in [0.717, 1.165) is 32.4 Å². The van der Waals surface area contributed by atoms with Gasteiger partial charge in [-0.2, -0.15) is 0 Å². The normalized spacial score (nSPS) is 24.4. The molecule has 0 aromatic heterocycles. The Bertz CT molecular complexity index is 191. The van der Waals surface area contributed by atoms with Crippen molar-refractivity contribution in [1.82, 2.24) is 5.32 Å². The first-order valence-electron chi connectivity index (χ1n) is 6.12. The van der Waals surface area contributed by atoms with Gasteiger partial charge in [-0.3, -0.25) is 0 Å². The van der Waals surface area contributed by atoms with E-state index >= 15 is 0 Å². The Kier molecular flexibility index (Phi) is 5.69.